The molecular weight excluding hydrogens is 229 g/mol. The van der Waals surface area contributed by atoms with E-state index in [1.807, 2.05) is 24.6 Å². The van der Waals surface area contributed by atoms with Crippen LogP contribution in [0.25, 0.3) is 0 Å². The predicted molar refractivity (Wildman–Crippen MR) is 69.7 cm³/mol. The van der Waals surface area contributed by atoms with Gasteiger partial charge in [-0.25, -0.2) is 9.37 Å². The van der Waals surface area contributed by atoms with Gasteiger partial charge in [0.1, 0.15) is 11.6 Å². The van der Waals surface area contributed by atoms with Gasteiger partial charge in [-0.1, -0.05) is 17.7 Å². The van der Waals surface area contributed by atoms with E-state index in [9.17, 15) is 4.39 Å². The summed E-state index contributed by atoms with van der Waals surface area (Å²) in [5.74, 6) is 0.647. The van der Waals surface area contributed by atoms with Crippen LogP contribution in [0, 0.1) is 12.7 Å². The Hall–Kier alpha value is -1.68. The summed E-state index contributed by atoms with van der Waals surface area (Å²) in [7, 11) is 0. The lowest BCUT2D eigenvalue weighted by molar-refractivity contribution is 0.564. The van der Waals surface area contributed by atoms with Gasteiger partial charge < -0.3 is 10.3 Å². The molecule has 1 heterocycles. The van der Waals surface area contributed by atoms with Gasteiger partial charge in [0, 0.05) is 37.0 Å². The molecule has 0 saturated carbocycles. The van der Waals surface area contributed by atoms with Gasteiger partial charge in [0.25, 0.3) is 0 Å². The van der Waals surface area contributed by atoms with Crippen molar-refractivity contribution in [3.05, 3.63) is 53.4 Å². The topological polar surface area (TPSA) is 43.8 Å². The molecule has 0 bridgehead atoms. The molecule has 1 aromatic carbocycles. The molecule has 18 heavy (non-hydrogen) atoms. The van der Waals surface area contributed by atoms with E-state index in [4.69, 9.17) is 5.73 Å². The smallest absolute Gasteiger partial charge is 0.128 e. The van der Waals surface area contributed by atoms with Crippen LogP contribution in [0.5, 0.6) is 0 Å². The van der Waals surface area contributed by atoms with E-state index in [0.29, 0.717) is 12.0 Å². The van der Waals surface area contributed by atoms with Gasteiger partial charge in [-0.3, -0.25) is 0 Å². The van der Waals surface area contributed by atoms with Crippen molar-refractivity contribution >= 4 is 0 Å². The monoisotopic (exact) mass is 247 g/mol. The van der Waals surface area contributed by atoms with Crippen LogP contribution in [-0.4, -0.2) is 9.55 Å². The molecule has 0 amide bonds. The highest BCUT2D eigenvalue weighted by Gasteiger charge is 2.14. The number of hydrogen-bond donors (Lipinski definition) is 1. The number of hydrogen-bond acceptors (Lipinski definition) is 2. The molecule has 0 saturated heterocycles. The van der Waals surface area contributed by atoms with Crippen LogP contribution in [0.1, 0.15) is 29.9 Å². The van der Waals surface area contributed by atoms with Crippen molar-refractivity contribution in [3.8, 4) is 0 Å². The second-order valence-corrected chi connectivity index (χ2v) is 4.47. The maximum atomic E-state index is 13.7. The molecule has 0 aliphatic heterocycles. The molecule has 0 fully saturated rings. The van der Waals surface area contributed by atoms with E-state index >= 15 is 0 Å². The number of benzene rings is 1. The molecule has 0 radical (unpaired) electrons. The minimum absolute atomic E-state index is 0.247. The number of aryl methyl sites for hydroxylation is 2. The van der Waals surface area contributed by atoms with Crippen LogP contribution in [0.4, 0.5) is 4.39 Å². The van der Waals surface area contributed by atoms with Crippen LogP contribution in [-0.2, 0) is 13.0 Å². The summed E-state index contributed by atoms with van der Waals surface area (Å²) in [6, 6.07) is 4.66. The molecular formula is C14H18FN3. The number of imidazole rings is 1. The van der Waals surface area contributed by atoms with Crippen molar-refractivity contribution in [2.75, 3.05) is 0 Å². The number of halogens is 1. The fraction of sp³-hybridized carbons (Fsp3) is 0.357. The molecule has 4 heteroatoms. The highest BCUT2D eigenvalue weighted by Crippen LogP contribution is 2.20. The van der Waals surface area contributed by atoms with Gasteiger partial charge >= 0.3 is 0 Å². The van der Waals surface area contributed by atoms with Crippen molar-refractivity contribution in [2.24, 2.45) is 5.73 Å². The highest BCUT2D eigenvalue weighted by atomic mass is 19.1. The normalized spacial score (nSPS) is 12.7. The summed E-state index contributed by atoms with van der Waals surface area (Å²) in [5, 5.41) is 0. The molecule has 3 nitrogen and oxygen atoms in total. The standard InChI is InChI=1S/C14H18FN3/c1-3-18-7-6-17-14(18)9-13(16)11-8-10(2)4-5-12(11)15/h4-8,13H,3,9,16H2,1-2H3. The third-order valence-electron chi connectivity index (χ3n) is 3.10. The molecule has 2 rings (SSSR count). The number of nitrogens with zero attached hydrogens (tertiary/aromatic N) is 2. The maximum Gasteiger partial charge on any atom is 0.128 e. The first-order chi connectivity index (χ1) is 8.61. The minimum Gasteiger partial charge on any atom is -0.335 e. The Morgan fingerprint density at radius 1 is 1.44 bits per heavy atom. The number of nitrogens with two attached hydrogens (primary N) is 1. The lowest BCUT2D eigenvalue weighted by Crippen LogP contribution is -2.17. The average Bonchev–Trinajstić information content (AvgIpc) is 2.79. The van der Waals surface area contributed by atoms with Crippen LogP contribution in [0.15, 0.2) is 30.6 Å². The average molecular weight is 247 g/mol. The Kier molecular flexibility index (Phi) is 3.77. The number of aromatic nitrogens is 2. The maximum absolute atomic E-state index is 13.7. The fourth-order valence-corrected chi connectivity index (χ4v) is 2.07. The SMILES string of the molecule is CCn1ccnc1CC(N)c1cc(C)ccc1F. The van der Waals surface area contributed by atoms with Gasteiger partial charge in [0.2, 0.25) is 0 Å². The van der Waals surface area contributed by atoms with Crippen LogP contribution in [0.3, 0.4) is 0 Å². The first kappa shape index (κ1) is 12.8. The van der Waals surface area contributed by atoms with E-state index in [1.165, 1.54) is 6.07 Å². The van der Waals surface area contributed by atoms with E-state index in [-0.39, 0.29) is 11.9 Å². The zero-order chi connectivity index (χ0) is 13.1. The van der Waals surface area contributed by atoms with Gasteiger partial charge in [-0.05, 0) is 19.9 Å². The van der Waals surface area contributed by atoms with E-state index < -0.39 is 0 Å². The van der Waals surface area contributed by atoms with Gasteiger partial charge in [-0.2, -0.15) is 0 Å². The molecule has 0 aliphatic carbocycles. The Labute approximate surface area is 106 Å². The fourth-order valence-electron chi connectivity index (χ4n) is 2.07. The molecule has 1 atom stereocenters. The zero-order valence-electron chi connectivity index (χ0n) is 10.7. The van der Waals surface area contributed by atoms with Crippen LogP contribution >= 0.6 is 0 Å². The minimum atomic E-state index is -0.363. The summed E-state index contributed by atoms with van der Waals surface area (Å²) in [4.78, 5) is 4.27. The highest BCUT2D eigenvalue weighted by molar-refractivity contribution is 5.27. The van der Waals surface area contributed by atoms with Crippen molar-refractivity contribution in [1.82, 2.24) is 9.55 Å². The summed E-state index contributed by atoms with van der Waals surface area (Å²) in [6.45, 7) is 4.82. The third-order valence-corrected chi connectivity index (χ3v) is 3.10. The summed E-state index contributed by atoms with van der Waals surface area (Å²) < 4.78 is 15.7. The third kappa shape index (κ3) is 2.59. The summed E-state index contributed by atoms with van der Waals surface area (Å²) in [5.41, 5.74) is 7.66. The first-order valence-corrected chi connectivity index (χ1v) is 6.13. The molecule has 2 aromatic rings. The van der Waals surface area contributed by atoms with Crippen molar-refractivity contribution in [3.63, 3.8) is 0 Å². The van der Waals surface area contributed by atoms with Crippen molar-refractivity contribution in [1.29, 1.82) is 0 Å². The van der Waals surface area contributed by atoms with Crippen molar-refractivity contribution < 1.29 is 4.39 Å². The molecule has 0 spiro atoms. The Morgan fingerprint density at radius 2 is 2.22 bits per heavy atom. The van der Waals surface area contributed by atoms with Gasteiger partial charge in [0.05, 0.1) is 0 Å². The molecule has 96 valence electrons. The van der Waals surface area contributed by atoms with Gasteiger partial charge in [-0.15, -0.1) is 0 Å². The Morgan fingerprint density at radius 3 is 2.94 bits per heavy atom. The quantitative estimate of drug-likeness (QED) is 0.902. The zero-order valence-corrected chi connectivity index (χ0v) is 10.7. The number of rotatable bonds is 4. The largest absolute Gasteiger partial charge is 0.335 e. The molecule has 2 N–H and O–H groups in total. The van der Waals surface area contributed by atoms with E-state index in [2.05, 4.69) is 4.98 Å². The van der Waals surface area contributed by atoms with E-state index in [1.54, 1.807) is 18.3 Å². The lowest BCUT2D eigenvalue weighted by Gasteiger charge is -2.14. The summed E-state index contributed by atoms with van der Waals surface area (Å²) >= 11 is 0. The molecule has 1 unspecified atom stereocenters. The van der Waals surface area contributed by atoms with Crippen molar-refractivity contribution in [2.45, 2.75) is 32.9 Å². The lowest BCUT2D eigenvalue weighted by atomic mass is 10.0. The first-order valence-electron chi connectivity index (χ1n) is 6.13. The Bertz CT molecular complexity index is 534. The van der Waals surface area contributed by atoms with Crippen LogP contribution < -0.4 is 5.73 Å². The molecule has 0 aliphatic rings. The Balaban J connectivity index is 2.21. The van der Waals surface area contributed by atoms with Crippen LogP contribution in [0.2, 0.25) is 0 Å². The van der Waals surface area contributed by atoms with Gasteiger partial charge in [0.15, 0.2) is 0 Å². The predicted octanol–water partition coefficient (Wildman–Crippen LogP) is 2.59. The summed E-state index contributed by atoms with van der Waals surface area (Å²) in [6.07, 6.45) is 4.20. The van der Waals surface area contributed by atoms with E-state index in [0.717, 1.165) is 17.9 Å². The second-order valence-electron chi connectivity index (χ2n) is 4.47. The molecule has 1 aromatic heterocycles. The second kappa shape index (κ2) is 5.31.